The lowest BCUT2D eigenvalue weighted by atomic mass is 9.82. The zero-order valence-electron chi connectivity index (χ0n) is 10.3. The fraction of sp³-hybridized carbons (Fsp3) is 1.00. The Labute approximate surface area is 95.0 Å². The second-order valence-corrected chi connectivity index (χ2v) is 5.93. The molecule has 1 nitrogen and oxygen atoms in total. The van der Waals surface area contributed by atoms with E-state index in [2.05, 4.69) is 12.2 Å². The summed E-state index contributed by atoms with van der Waals surface area (Å²) in [5.41, 5.74) is 0. The van der Waals surface area contributed by atoms with Gasteiger partial charge in [-0.2, -0.15) is 0 Å². The molecule has 2 aliphatic rings. The molecule has 2 rings (SSSR count). The Bertz CT molecular complexity index is 174. The molecule has 0 saturated heterocycles. The van der Waals surface area contributed by atoms with Crippen molar-refractivity contribution >= 4 is 0 Å². The molecule has 0 radical (unpaired) electrons. The van der Waals surface area contributed by atoms with Crippen LogP contribution in [0.15, 0.2) is 0 Å². The highest BCUT2D eigenvalue weighted by molar-refractivity contribution is 4.74. The lowest BCUT2D eigenvalue weighted by Crippen LogP contribution is -2.27. The van der Waals surface area contributed by atoms with E-state index in [1.165, 1.54) is 64.5 Å². The van der Waals surface area contributed by atoms with Crippen molar-refractivity contribution in [3.05, 3.63) is 0 Å². The van der Waals surface area contributed by atoms with Gasteiger partial charge in [0.05, 0.1) is 0 Å². The topological polar surface area (TPSA) is 12.0 Å². The van der Waals surface area contributed by atoms with Crippen molar-refractivity contribution in [1.82, 2.24) is 5.32 Å². The first-order chi connectivity index (χ1) is 7.34. The first-order valence-electron chi connectivity index (χ1n) is 7.05. The van der Waals surface area contributed by atoms with Crippen molar-refractivity contribution < 1.29 is 0 Å². The zero-order valence-corrected chi connectivity index (χ0v) is 10.3. The highest BCUT2D eigenvalue weighted by Crippen LogP contribution is 2.33. The molecule has 0 bridgehead atoms. The summed E-state index contributed by atoms with van der Waals surface area (Å²) < 4.78 is 0. The molecular weight excluding hydrogens is 182 g/mol. The minimum atomic E-state index is 0.981. The van der Waals surface area contributed by atoms with E-state index in [1.807, 2.05) is 0 Å². The number of hydrogen-bond acceptors (Lipinski definition) is 1. The Morgan fingerprint density at radius 2 is 1.93 bits per heavy atom. The second kappa shape index (κ2) is 5.89. The van der Waals surface area contributed by atoms with Crippen LogP contribution in [-0.2, 0) is 0 Å². The van der Waals surface area contributed by atoms with E-state index in [-0.39, 0.29) is 0 Å². The lowest BCUT2D eigenvalue weighted by molar-refractivity contribution is 0.274. The van der Waals surface area contributed by atoms with Crippen molar-refractivity contribution in [2.45, 2.75) is 58.3 Å². The summed E-state index contributed by atoms with van der Waals surface area (Å²) in [7, 11) is 0. The smallest absolute Gasteiger partial charge is 0.00204 e. The van der Waals surface area contributed by atoms with Gasteiger partial charge in [-0.05, 0) is 56.5 Å². The standard InChI is InChI=1S/C14H27N/c1-12-4-2-5-14(10-12)11-15-9-3-6-13-7-8-13/h12-15H,2-11H2,1H3. The highest BCUT2D eigenvalue weighted by atomic mass is 14.9. The van der Waals surface area contributed by atoms with Gasteiger partial charge in [-0.1, -0.05) is 32.6 Å². The molecule has 0 amide bonds. The van der Waals surface area contributed by atoms with E-state index in [9.17, 15) is 0 Å². The van der Waals surface area contributed by atoms with Crippen LogP contribution in [0, 0.1) is 17.8 Å². The summed E-state index contributed by atoms with van der Waals surface area (Å²) in [6, 6.07) is 0. The summed E-state index contributed by atoms with van der Waals surface area (Å²) in [6.07, 6.45) is 11.8. The number of nitrogens with one attached hydrogen (secondary N) is 1. The molecule has 15 heavy (non-hydrogen) atoms. The quantitative estimate of drug-likeness (QED) is 0.659. The molecule has 0 heterocycles. The van der Waals surface area contributed by atoms with Crippen LogP contribution >= 0.6 is 0 Å². The van der Waals surface area contributed by atoms with Crippen molar-refractivity contribution in [2.75, 3.05) is 13.1 Å². The molecule has 1 heteroatoms. The van der Waals surface area contributed by atoms with Gasteiger partial charge in [-0.25, -0.2) is 0 Å². The molecular formula is C14H27N. The summed E-state index contributed by atoms with van der Waals surface area (Å²) in [6.45, 7) is 4.97. The van der Waals surface area contributed by atoms with E-state index in [0.717, 1.165) is 17.8 Å². The SMILES string of the molecule is CC1CCCC(CNCCCC2CC2)C1. The molecule has 0 aliphatic heterocycles. The first-order valence-corrected chi connectivity index (χ1v) is 7.05. The largest absolute Gasteiger partial charge is 0.316 e. The van der Waals surface area contributed by atoms with Gasteiger partial charge in [0, 0.05) is 0 Å². The van der Waals surface area contributed by atoms with Crippen molar-refractivity contribution in [3.63, 3.8) is 0 Å². The molecule has 2 saturated carbocycles. The van der Waals surface area contributed by atoms with Gasteiger partial charge >= 0.3 is 0 Å². The fourth-order valence-corrected chi connectivity index (χ4v) is 2.97. The summed E-state index contributed by atoms with van der Waals surface area (Å²) in [5, 5.41) is 3.66. The van der Waals surface area contributed by atoms with E-state index < -0.39 is 0 Å². The summed E-state index contributed by atoms with van der Waals surface area (Å²) >= 11 is 0. The fourth-order valence-electron chi connectivity index (χ4n) is 2.97. The molecule has 0 aromatic rings. The highest BCUT2D eigenvalue weighted by Gasteiger charge is 2.20. The monoisotopic (exact) mass is 209 g/mol. The minimum absolute atomic E-state index is 0.981. The van der Waals surface area contributed by atoms with Crippen molar-refractivity contribution in [3.8, 4) is 0 Å². The van der Waals surface area contributed by atoms with Crippen LogP contribution in [0.3, 0.4) is 0 Å². The van der Waals surface area contributed by atoms with Gasteiger partial charge in [0.1, 0.15) is 0 Å². The predicted molar refractivity (Wildman–Crippen MR) is 65.9 cm³/mol. The number of rotatable bonds is 6. The molecule has 0 aromatic heterocycles. The summed E-state index contributed by atoms with van der Waals surface area (Å²) in [4.78, 5) is 0. The molecule has 2 unspecified atom stereocenters. The second-order valence-electron chi connectivity index (χ2n) is 5.93. The zero-order chi connectivity index (χ0) is 10.5. The van der Waals surface area contributed by atoms with Gasteiger partial charge in [0.2, 0.25) is 0 Å². The summed E-state index contributed by atoms with van der Waals surface area (Å²) in [5.74, 6) is 3.08. The van der Waals surface area contributed by atoms with Crippen LogP contribution in [0.25, 0.3) is 0 Å². The molecule has 0 spiro atoms. The van der Waals surface area contributed by atoms with Crippen molar-refractivity contribution in [2.24, 2.45) is 17.8 Å². The molecule has 2 aliphatic carbocycles. The average molecular weight is 209 g/mol. The van der Waals surface area contributed by atoms with Gasteiger partial charge < -0.3 is 5.32 Å². The van der Waals surface area contributed by atoms with E-state index in [0.29, 0.717) is 0 Å². The van der Waals surface area contributed by atoms with E-state index in [1.54, 1.807) is 0 Å². The van der Waals surface area contributed by atoms with Crippen LogP contribution < -0.4 is 5.32 Å². The maximum Gasteiger partial charge on any atom is -0.00204 e. The van der Waals surface area contributed by atoms with Crippen LogP contribution in [0.5, 0.6) is 0 Å². The molecule has 0 aromatic carbocycles. The van der Waals surface area contributed by atoms with E-state index in [4.69, 9.17) is 0 Å². The molecule has 2 atom stereocenters. The Morgan fingerprint density at radius 1 is 1.07 bits per heavy atom. The Morgan fingerprint density at radius 3 is 2.67 bits per heavy atom. The predicted octanol–water partition coefficient (Wildman–Crippen LogP) is 3.59. The van der Waals surface area contributed by atoms with E-state index >= 15 is 0 Å². The number of hydrogen-bond donors (Lipinski definition) is 1. The van der Waals surface area contributed by atoms with Gasteiger partial charge in [0.15, 0.2) is 0 Å². The molecule has 2 fully saturated rings. The average Bonchev–Trinajstić information content (AvgIpc) is 3.01. The first kappa shape index (κ1) is 11.4. The van der Waals surface area contributed by atoms with Gasteiger partial charge in [-0.15, -0.1) is 0 Å². The van der Waals surface area contributed by atoms with Crippen LogP contribution in [0.2, 0.25) is 0 Å². The third-order valence-electron chi connectivity index (χ3n) is 4.14. The Kier molecular flexibility index (Phi) is 4.49. The molecule has 1 N–H and O–H groups in total. The van der Waals surface area contributed by atoms with Crippen LogP contribution in [0.1, 0.15) is 58.3 Å². The maximum atomic E-state index is 3.66. The normalized spacial score (nSPS) is 31.8. The lowest BCUT2D eigenvalue weighted by Gasteiger charge is -2.26. The third kappa shape index (κ3) is 4.55. The Balaban J connectivity index is 1.45. The third-order valence-corrected chi connectivity index (χ3v) is 4.14. The van der Waals surface area contributed by atoms with Gasteiger partial charge in [-0.3, -0.25) is 0 Å². The van der Waals surface area contributed by atoms with Crippen LogP contribution in [0.4, 0.5) is 0 Å². The van der Waals surface area contributed by atoms with Crippen molar-refractivity contribution in [1.29, 1.82) is 0 Å². The Hall–Kier alpha value is -0.0400. The minimum Gasteiger partial charge on any atom is -0.316 e. The van der Waals surface area contributed by atoms with Crippen LogP contribution in [-0.4, -0.2) is 13.1 Å². The molecule has 88 valence electrons. The maximum absolute atomic E-state index is 3.66. The van der Waals surface area contributed by atoms with Gasteiger partial charge in [0.25, 0.3) is 0 Å².